The zero-order chi connectivity index (χ0) is 12.3. The zero-order valence-electron chi connectivity index (χ0n) is 9.21. The number of esters is 1. The Balaban J connectivity index is 3.12. The van der Waals surface area contributed by atoms with Crippen molar-refractivity contribution in [3.8, 4) is 5.75 Å². The molecule has 1 aromatic carbocycles. The van der Waals surface area contributed by atoms with Crippen LogP contribution in [0.4, 0.5) is 0 Å². The Morgan fingerprint density at radius 1 is 1.44 bits per heavy atom. The van der Waals surface area contributed by atoms with E-state index in [0.29, 0.717) is 16.3 Å². The van der Waals surface area contributed by atoms with Gasteiger partial charge in [-0.1, -0.05) is 11.6 Å². The van der Waals surface area contributed by atoms with Crippen molar-refractivity contribution < 1.29 is 14.3 Å². The number of rotatable bonds is 3. The Labute approximate surface area is 113 Å². The molecule has 1 aromatic rings. The average molecular weight is 355 g/mol. The first-order valence-electron chi connectivity index (χ1n) is 4.69. The van der Waals surface area contributed by atoms with Crippen LogP contribution in [-0.4, -0.2) is 19.2 Å². The fourth-order valence-corrected chi connectivity index (χ4v) is 2.32. The van der Waals surface area contributed by atoms with Crippen LogP contribution < -0.4 is 4.74 Å². The first kappa shape index (κ1) is 13.6. The van der Waals surface area contributed by atoms with E-state index in [1.54, 1.807) is 12.1 Å². The van der Waals surface area contributed by atoms with Crippen molar-refractivity contribution in [1.82, 2.24) is 0 Å². The summed E-state index contributed by atoms with van der Waals surface area (Å²) in [5.41, 5.74) is 0.424. The van der Waals surface area contributed by atoms with Crippen molar-refractivity contribution >= 4 is 40.2 Å². The number of halogens is 2. The molecule has 0 saturated carbocycles. The highest BCUT2D eigenvalue weighted by Gasteiger charge is 2.14. The van der Waals surface area contributed by atoms with Crippen LogP contribution in [0, 0.1) is 3.57 Å². The van der Waals surface area contributed by atoms with Gasteiger partial charge in [0.2, 0.25) is 0 Å². The molecule has 16 heavy (non-hydrogen) atoms. The van der Waals surface area contributed by atoms with Gasteiger partial charge in [-0.2, -0.15) is 0 Å². The molecular weight excluding hydrogens is 342 g/mol. The topological polar surface area (TPSA) is 35.5 Å². The van der Waals surface area contributed by atoms with Crippen molar-refractivity contribution in [3.63, 3.8) is 0 Å². The van der Waals surface area contributed by atoms with Gasteiger partial charge in [0.1, 0.15) is 0 Å². The van der Waals surface area contributed by atoms with Crippen LogP contribution in [0.3, 0.4) is 0 Å². The molecule has 0 aliphatic heterocycles. The number of carbonyl (C=O) groups is 1. The second-order valence-corrected chi connectivity index (χ2v) is 5.00. The van der Waals surface area contributed by atoms with Gasteiger partial charge >= 0.3 is 5.97 Å². The highest BCUT2D eigenvalue weighted by atomic mass is 127. The Kier molecular flexibility index (Phi) is 4.86. The first-order valence-corrected chi connectivity index (χ1v) is 6.15. The minimum absolute atomic E-state index is 0.0370. The minimum Gasteiger partial charge on any atom is -0.488 e. The quantitative estimate of drug-likeness (QED) is 0.615. The lowest BCUT2D eigenvalue weighted by molar-refractivity contribution is 0.0600. The van der Waals surface area contributed by atoms with Crippen LogP contribution in [-0.2, 0) is 4.74 Å². The SMILES string of the molecule is COC(=O)c1cc(Cl)c(OC(C)C)c(I)c1. The van der Waals surface area contributed by atoms with Crippen LogP contribution in [0.15, 0.2) is 12.1 Å². The molecule has 0 aliphatic rings. The summed E-state index contributed by atoms with van der Waals surface area (Å²) in [4.78, 5) is 11.3. The fraction of sp³-hybridized carbons (Fsp3) is 0.364. The zero-order valence-corrected chi connectivity index (χ0v) is 12.1. The number of hydrogen-bond donors (Lipinski definition) is 0. The standard InChI is InChI=1S/C11H12ClIO3/c1-6(2)16-10-8(12)4-7(5-9(10)13)11(14)15-3/h4-6H,1-3H3. The van der Waals surface area contributed by atoms with Crippen molar-refractivity contribution in [1.29, 1.82) is 0 Å². The molecule has 0 atom stereocenters. The molecule has 0 aromatic heterocycles. The molecule has 0 saturated heterocycles. The summed E-state index contributed by atoms with van der Waals surface area (Å²) in [5.74, 6) is 0.195. The molecule has 0 amide bonds. The molecule has 0 radical (unpaired) electrons. The molecule has 0 spiro atoms. The maximum absolute atomic E-state index is 11.3. The Bertz CT molecular complexity index is 381. The van der Waals surface area contributed by atoms with E-state index in [4.69, 9.17) is 16.3 Å². The maximum atomic E-state index is 11.3. The number of carbonyl (C=O) groups excluding carboxylic acids is 1. The van der Waals surface area contributed by atoms with E-state index in [1.165, 1.54) is 7.11 Å². The van der Waals surface area contributed by atoms with Gasteiger partial charge in [-0.15, -0.1) is 0 Å². The number of hydrogen-bond acceptors (Lipinski definition) is 3. The normalized spacial score (nSPS) is 10.4. The Morgan fingerprint density at radius 2 is 2.06 bits per heavy atom. The second-order valence-electron chi connectivity index (χ2n) is 3.43. The number of methoxy groups -OCH3 is 1. The molecule has 1 rings (SSSR count). The van der Waals surface area contributed by atoms with E-state index in [1.807, 2.05) is 13.8 Å². The molecule has 3 nitrogen and oxygen atoms in total. The van der Waals surface area contributed by atoms with E-state index >= 15 is 0 Å². The molecule has 88 valence electrons. The van der Waals surface area contributed by atoms with Gasteiger partial charge in [0.25, 0.3) is 0 Å². The van der Waals surface area contributed by atoms with Crippen molar-refractivity contribution in [3.05, 3.63) is 26.3 Å². The molecule has 0 heterocycles. The summed E-state index contributed by atoms with van der Waals surface area (Å²) >= 11 is 8.12. The van der Waals surface area contributed by atoms with Crippen molar-refractivity contribution in [2.75, 3.05) is 7.11 Å². The summed E-state index contributed by atoms with van der Waals surface area (Å²) < 4.78 is 11.0. The highest BCUT2D eigenvalue weighted by Crippen LogP contribution is 2.32. The summed E-state index contributed by atoms with van der Waals surface area (Å²) in [6.07, 6.45) is 0.0370. The second kappa shape index (κ2) is 5.72. The molecule has 0 unspecified atom stereocenters. The predicted molar refractivity (Wildman–Crippen MR) is 71.3 cm³/mol. The van der Waals surface area contributed by atoms with E-state index in [0.717, 1.165) is 3.57 Å². The van der Waals surface area contributed by atoms with E-state index in [-0.39, 0.29) is 6.10 Å². The van der Waals surface area contributed by atoms with Gasteiger partial charge < -0.3 is 9.47 Å². The fourth-order valence-electron chi connectivity index (χ4n) is 1.14. The minimum atomic E-state index is -0.407. The van der Waals surface area contributed by atoms with Crippen molar-refractivity contribution in [2.24, 2.45) is 0 Å². The first-order chi connectivity index (χ1) is 7.45. The lowest BCUT2D eigenvalue weighted by Gasteiger charge is -2.14. The third-order valence-electron chi connectivity index (χ3n) is 1.77. The van der Waals surface area contributed by atoms with E-state index in [9.17, 15) is 4.79 Å². The Morgan fingerprint density at radius 3 is 2.50 bits per heavy atom. The van der Waals surface area contributed by atoms with Crippen LogP contribution in [0.5, 0.6) is 5.75 Å². The predicted octanol–water partition coefficient (Wildman–Crippen LogP) is 3.52. The van der Waals surface area contributed by atoms with Gasteiger partial charge in [-0.3, -0.25) is 0 Å². The maximum Gasteiger partial charge on any atom is 0.337 e. The van der Waals surface area contributed by atoms with Gasteiger partial charge in [-0.25, -0.2) is 4.79 Å². The molecule has 0 aliphatic carbocycles. The van der Waals surface area contributed by atoms with Crippen LogP contribution in [0.1, 0.15) is 24.2 Å². The van der Waals surface area contributed by atoms with E-state index < -0.39 is 5.97 Å². The molecule has 0 bridgehead atoms. The Hall–Kier alpha value is -0.490. The summed E-state index contributed by atoms with van der Waals surface area (Å²) in [5, 5.41) is 0.418. The number of benzene rings is 1. The summed E-state index contributed by atoms with van der Waals surface area (Å²) in [6.45, 7) is 3.83. The van der Waals surface area contributed by atoms with Gasteiger partial charge in [-0.05, 0) is 48.6 Å². The summed E-state index contributed by atoms with van der Waals surface area (Å²) in [7, 11) is 1.33. The smallest absolute Gasteiger partial charge is 0.337 e. The molecule has 0 N–H and O–H groups in total. The highest BCUT2D eigenvalue weighted by molar-refractivity contribution is 14.1. The van der Waals surface area contributed by atoms with Crippen LogP contribution >= 0.6 is 34.2 Å². The van der Waals surface area contributed by atoms with Crippen LogP contribution in [0.25, 0.3) is 0 Å². The summed E-state index contributed by atoms with van der Waals surface area (Å²) in [6, 6.07) is 3.24. The lowest BCUT2D eigenvalue weighted by Crippen LogP contribution is -2.08. The van der Waals surface area contributed by atoms with Gasteiger partial charge in [0.05, 0.1) is 27.4 Å². The largest absolute Gasteiger partial charge is 0.488 e. The molecular formula is C11H12ClIO3. The lowest BCUT2D eigenvalue weighted by atomic mass is 10.2. The third kappa shape index (κ3) is 3.25. The third-order valence-corrected chi connectivity index (χ3v) is 2.85. The monoisotopic (exact) mass is 354 g/mol. The number of ether oxygens (including phenoxy) is 2. The van der Waals surface area contributed by atoms with Crippen LogP contribution in [0.2, 0.25) is 5.02 Å². The van der Waals surface area contributed by atoms with E-state index in [2.05, 4.69) is 27.3 Å². The van der Waals surface area contributed by atoms with Gasteiger partial charge in [0.15, 0.2) is 5.75 Å². The van der Waals surface area contributed by atoms with Crippen molar-refractivity contribution in [2.45, 2.75) is 20.0 Å². The van der Waals surface area contributed by atoms with Gasteiger partial charge in [0, 0.05) is 0 Å². The molecule has 5 heteroatoms. The average Bonchev–Trinajstić information content (AvgIpc) is 2.21. The molecule has 0 fully saturated rings.